The monoisotopic (exact) mass is 344 g/mol. The van der Waals surface area contributed by atoms with E-state index in [9.17, 15) is 4.39 Å². The Balaban J connectivity index is 2.97. The number of hydrogen-bond donors (Lipinski definition) is 1. The molecule has 20 heavy (non-hydrogen) atoms. The first-order valence-electron chi connectivity index (χ1n) is 7.33. The van der Waals surface area contributed by atoms with Crippen molar-refractivity contribution in [2.75, 3.05) is 13.1 Å². The molecule has 0 fully saturated rings. The van der Waals surface area contributed by atoms with Gasteiger partial charge in [-0.15, -0.1) is 0 Å². The van der Waals surface area contributed by atoms with Gasteiger partial charge in [0, 0.05) is 16.1 Å². The third kappa shape index (κ3) is 3.80. The Morgan fingerprint density at radius 2 is 1.90 bits per heavy atom. The highest BCUT2D eigenvalue weighted by Crippen LogP contribution is 2.27. The second kappa shape index (κ2) is 7.53. The van der Waals surface area contributed by atoms with Crippen molar-refractivity contribution < 1.29 is 4.39 Å². The van der Waals surface area contributed by atoms with Crippen molar-refractivity contribution in [2.24, 2.45) is 5.73 Å². The van der Waals surface area contributed by atoms with Crippen molar-refractivity contribution >= 4 is 15.9 Å². The van der Waals surface area contributed by atoms with Gasteiger partial charge in [-0.25, -0.2) is 4.39 Å². The van der Waals surface area contributed by atoms with Crippen molar-refractivity contribution in [3.63, 3.8) is 0 Å². The molecule has 1 aromatic rings. The number of likely N-dealkylation sites (N-methyl/N-ethyl adjacent to an activating group) is 1. The summed E-state index contributed by atoms with van der Waals surface area (Å²) in [4.78, 5) is 2.39. The van der Waals surface area contributed by atoms with Crippen LogP contribution in [0.1, 0.15) is 39.7 Å². The van der Waals surface area contributed by atoms with Gasteiger partial charge in [0.2, 0.25) is 0 Å². The minimum Gasteiger partial charge on any atom is -0.326 e. The second-order valence-electron chi connectivity index (χ2n) is 5.43. The van der Waals surface area contributed by atoms with Gasteiger partial charge in [-0.1, -0.05) is 36.7 Å². The Morgan fingerprint density at radius 3 is 2.40 bits per heavy atom. The third-order valence-electron chi connectivity index (χ3n) is 4.45. The maximum atomic E-state index is 13.4. The normalized spacial score (nSPS) is 16.2. The fourth-order valence-electron chi connectivity index (χ4n) is 2.82. The molecule has 2 unspecified atom stereocenters. The lowest BCUT2D eigenvalue weighted by atomic mass is 9.84. The van der Waals surface area contributed by atoms with Crippen LogP contribution >= 0.6 is 15.9 Å². The molecule has 0 bridgehead atoms. The van der Waals surface area contributed by atoms with E-state index in [4.69, 9.17) is 5.73 Å². The van der Waals surface area contributed by atoms with Crippen molar-refractivity contribution in [1.82, 2.24) is 4.90 Å². The maximum absolute atomic E-state index is 13.4. The van der Waals surface area contributed by atoms with Gasteiger partial charge in [-0.05, 0) is 56.6 Å². The number of benzene rings is 1. The molecule has 2 atom stereocenters. The van der Waals surface area contributed by atoms with Gasteiger partial charge in [0.05, 0.1) is 0 Å². The molecule has 0 radical (unpaired) electrons. The van der Waals surface area contributed by atoms with Crippen LogP contribution in [0.3, 0.4) is 0 Å². The van der Waals surface area contributed by atoms with Gasteiger partial charge in [0.15, 0.2) is 0 Å². The second-order valence-corrected chi connectivity index (χ2v) is 6.28. The minimum atomic E-state index is -0.212. The smallest absolute Gasteiger partial charge is 0.123 e. The molecule has 2 nitrogen and oxygen atoms in total. The Kier molecular flexibility index (Phi) is 6.62. The Hall–Kier alpha value is -0.450. The zero-order valence-corrected chi connectivity index (χ0v) is 14.5. The molecule has 0 amide bonds. The van der Waals surface area contributed by atoms with E-state index >= 15 is 0 Å². The Bertz CT molecular complexity index is 434. The molecule has 0 heterocycles. The number of nitrogens with two attached hydrogens (primary N) is 1. The molecule has 4 heteroatoms. The fourth-order valence-corrected chi connectivity index (χ4v) is 3.23. The highest BCUT2D eigenvalue weighted by atomic mass is 79.9. The predicted molar refractivity (Wildman–Crippen MR) is 87.4 cm³/mol. The first kappa shape index (κ1) is 17.6. The molecule has 0 aliphatic carbocycles. The highest BCUT2D eigenvalue weighted by Gasteiger charge is 2.34. The van der Waals surface area contributed by atoms with Gasteiger partial charge in [-0.3, -0.25) is 4.90 Å². The summed E-state index contributed by atoms with van der Waals surface area (Å²) in [5.41, 5.74) is 7.34. The van der Waals surface area contributed by atoms with E-state index in [0.717, 1.165) is 29.5 Å². The quantitative estimate of drug-likeness (QED) is 0.810. The lowest BCUT2D eigenvalue weighted by molar-refractivity contribution is 0.0844. The van der Waals surface area contributed by atoms with E-state index in [0.29, 0.717) is 6.42 Å². The lowest BCUT2D eigenvalue weighted by Gasteiger charge is -2.44. The molecule has 0 aliphatic heterocycles. The summed E-state index contributed by atoms with van der Waals surface area (Å²) in [6, 6.07) is 4.74. The average Bonchev–Trinajstić information content (AvgIpc) is 2.43. The van der Waals surface area contributed by atoms with Gasteiger partial charge >= 0.3 is 0 Å². The Morgan fingerprint density at radius 1 is 1.30 bits per heavy atom. The van der Waals surface area contributed by atoms with Crippen molar-refractivity contribution in [2.45, 2.75) is 52.1 Å². The Labute approximate surface area is 130 Å². The molecule has 2 N–H and O–H groups in total. The van der Waals surface area contributed by atoms with Crippen LogP contribution in [0.15, 0.2) is 22.7 Å². The third-order valence-corrected chi connectivity index (χ3v) is 5.22. The summed E-state index contributed by atoms with van der Waals surface area (Å²) >= 11 is 3.48. The van der Waals surface area contributed by atoms with E-state index in [1.807, 2.05) is 0 Å². The maximum Gasteiger partial charge on any atom is 0.123 e. The zero-order chi connectivity index (χ0) is 15.3. The van der Waals surface area contributed by atoms with E-state index in [1.54, 1.807) is 12.1 Å². The predicted octanol–water partition coefficient (Wildman–Crippen LogP) is 3.97. The minimum absolute atomic E-state index is 0.0366. The van der Waals surface area contributed by atoms with Crippen molar-refractivity contribution in [3.05, 3.63) is 34.1 Å². The van der Waals surface area contributed by atoms with Gasteiger partial charge in [-0.2, -0.15) is 0 Å². The SMILES string of the molecule is CCN(CC)C(C)(CC)C(N)Cc1cc(F)ccc1Br. The van der Waals surface area contributed by atoms with Crippen LogP contribution in [0.4, 0.5) is 4.39 Å². The summed E-state index contributed by atoms with van der Waals surface area (Å²) in [6.45, 7) is 10.6. The van der Waals surface area contributed by atoms with Crippen LogP contribution < -0.4 is 5.73 Å². The first-order chi connectivity index (χ1) is 9.38. The topological polar surface area (TPSA) is 29.3 Å². The molecule has 114 valence electrons. The van der Waals surface area contributed by atoms with Crippen LogP contribution in [-0.4, -0.2) is 29.6 Å². The summed E-state index contributed by atoms with van der Waals surface area (Å²) in [7, 11) is 0. The molecule has 0 saturated heterocycles. The van der Waals surface area contributed by atoms with E-state index in [1.165, 1.54) is 6.07 Å². The highest BCUT2D eigenvalue weighted by molar-refractivity contribution is 9.10. The van der Waals surface area contributed by atoms with Crippen LogP contribution in [0.2, 0.25) is 0 Å². The van der Waals surface area contributed by atoms with Crippen LogP contribution in [-0.2, 0) is 6.42 Å². The number of nitrogens with zero attached hydrogens (tertiary/aromatic N) is 1. The van der Waals surface area contributed by atoms with Crippen LogP contribution in [0.5, 0.6) is 0 Å². The van der Waals surface area contributed by atoms with E-state index in [-0.39, 0.29) is 17.4 Å². The largest absolute Gasteiger partial charge is 0.326 e. The van der Waals surface area contributed by atoms with Crippen LogP contribution in [0.25, 0.3) is 0 Å². The molecule has 0 spiro atoms. The molecular formula is C16H26BrFN2. The fraction of sp³-hybridized carbons (Fsp3) is 0.625. The van der Waals surface area contributed by atoms with E-state index < -0.39 is 0 Å². The molecule has 0 aromatic heterocycles. The van der Waals surface area contributed by atoms with Crippen LogP contribution in [0, 0.1) is 5.82 Å². The van der Waals surface area contributed by atoms with Crippen molar-refractivity contribution in [3.8, 4) is 0 Å². The summed E-state index contributed by atoms with van der Waals surface area (Å²) in [6.07, 6.45) is 1.64. The van der Waals surface area contributed by atoms with Gasteiger partial charge < -0.3 is 5.73 Å². The van der Waals surface area contributed by atoms with E-state index in [2.05, 4.69) is 48.5 Å². The van der Waals surface area contributed by atoms with Gasteiger partial charge in [0.1, 0.15) is 5.82 Å². The molecule has 1 rings (SSSR count). The van der Waals surface area contributed by atoms with Gasteiger partial charge in [0.25, 0.3) is 0 Å². The standard InChI is InChI=1S/C16H26BrFN2/c1-5-16(4,20(6-2)7-3)15(19)11-12-10-13(18)8-9-14(12)17/h8-10,15H,5-7,11,19H2,1-4H3. The van der Waals surface area contributed by atoms with Crippen molar-refractivity contribution in [1.29, 1.82) is 0 Å². The number of rotatable bonds is 7. The average molecular weight is 345 g/mol. The number of halogens is 2. The molecule has 0 saturated carbocycles. The summed E-state index contributed by atoms with van der Waals surface area (Å²) in [5.74, 6) is -0.212. The summed E-state index contributed by atoms with van der Waals surface area (Å²) in [5, 5.41) is 0. The lowest BCUT2D eigenvalue weighted by Crippen LogP contribution is -2.58. The first-order valence-corrected chi connectivity index (χ1v) is 8.12. The molecule has 1 aromatic carbocycles. The molecular weight excluding hydrogens is 319 g/mol. The number of hydrogen-bond acceptors (Lipinski definition) is 2. The zero-order valence-electron chi connectivity index (χ0n) is 12.9. The molecule has 0 aliphatic rings. The summed E-state index contributed by atoms with van der Waals surface area (Å²) < 4.78 is 14.3.